The molecule has 1 aromatic heterocycles. The van der Waals surface area contributed by atoms with Crippen molar-refractivity contribution >= 4 is 17.5 Å². The Hall–Kier alpha value is -2.57. The van der Waals surface area contributed by atoms with Gasteiger partial charge in [-0.05, 0) is 24.1 Å². The highest BCUT2D eigenvalue weighted by Gasteiger charge is 2.13. The number of aryl methyl sites for hydroxylation is 1. The molecule has 0 saturated carbocycles. The lowest BCUT2D eigenvalue weighted by atomic mass is 10.1. The summed E-state index contributed by atoms with van der Waals surface area (Å²) in [5, 5.41) is 10.3. The predicted molar refractivity (Wildman–Crippen MR) is 106 cm³/mol. The predicted octanol–water partition coefficient (Wildman–Crippen LogP) is 3.60. The summed E-state index contributed by atoms with van der Waals surface area (Å²) in [5.74, 6) is 1.21. The Balaban J connectivity index is 1.66. The minimum Gasteiger partial charge on any atom is -0.497 e. The molecule has 0 atom stereocenters. The van der Waals surface area contributed by atoms with Crippen molar-refractivity contribution < 1.29 is 14.6 Å². The second-order valence-electron chi connectivity index (χ2n) is 6.02. The topological polar surface area (TPSA) is 64.3 Å². The number of hydrogen-bond acceptors (Lipinski definition) is 5. The monoisotopic (exact) mass is 382 g/mol. The van der Waals surface area contributed by atoms with Gasteiger partial charge in [0.15, 0.2) is 10.9 Å². The lowest BCUT2D eigenvalue weighted by Crippen LogP contribution is -2.09. The molecule has 6 heteroatoms. The number of carbonyl (C=O) groups is 1. The Morgan fingerprint density at radius 3 is 2.56 bits per heavy atom. The lowest BCUT2D eigenvalue weighted by Gasteiger charge is -2.11. The molecule has 0 aliphatic heterocycles. The van der Waals surface area contributed by atoms with Gasteiger partial charge in [-0.25, -0.2) is 4.98 Å². The van der Waals surface area contributed by atoms with Crippen LogP contribution in [0.15, 0.2) is 66.0 Å². The summed E-state index contributed by atoms with van der Waals surface area (Å²) in [7, 11) is 1.65. The summed E-state index contributed by atoms with van der Waals surface area (Å²) in [6, 6.07) is 17.2. The number of benzene rings is 2. The van der Waals surface area contributed by atoms with Crippen LogP contribution >= 0.6 is 11.8 Å². The minimum atomic E-state index is -0.0806. The number of ketones is 1. The second-order valence-corrected chi connectivity index (χ2v) is 6.96. The maximum atomic E-state index is 12.3. The standard InChI is InChI=1S/C21H22N2O3S/c1-26-19-9-7-16(8-10-19)11-12-23-18(14-24)13-22-21(23)27-15-20(25)17-5-3-2-4-6-17/h2-10,13,24H,11-12,14-15H2,1H3. The Morgan fingerprint density at radius 2 is 1.89 bits per heavy atom. The van der Waals surface area contributed by atoms with Gasteiger partial charge in [-0.2, -0.15) is 0 Å². The van der Waals surface area contributed by atoms with E-state index >= 15 is 0 Å². The van der Waals surface area contributed by atoms with E-state index in [1.165, 1.54) is 17.3 Å². The summed E-state index contributed by atoms with van der Waals surface area (Å²) < 4.78 is 7.16. The average molecular weight is 382 g/mol. The van der Waals surface area contributed by atoms with E-state index in [-0.39, 0.29) is 12.4 Å². The maximum Gasteiger partial charge on any atom is 0.173 e. The van der Waals surface area contributed by atoms with Crippen LogP contribution in [0.5, 0.6) is 5.75 Å². The first-order chi connectivity index (χ1) is 13.2. The van der Waals surface area contributed by atoms with Crippen molar-refractivity contribution in [2.45, 2.75) is 24.7 Å². The molecular weight excluding hydrogens is 360 g/mol. The highest BCUT2D eigenvalue weighted by atomic mass is 32.2. The Labute approximate surface area is 163 Å². The molecule has 0 aliphatic carbocycles. The van der Waals surface area contributed by atoms with E-state index in [4.69, 9.17) is 4.74 Å². The fourth-order valence-electron chi connectivity index (χ4n) is 2.74. The van der Waals surface area contributed by atoms with Crippen LogP contribution in [0, 0.1) is 0 Å². The van der Waals surface area contributed by atoms with Crippen LogP contribution in [0.2, 0.25) is 0 Å². The zero-order chi connectivity index (χ0) is 19.1. The van der Waals surface area contributed by atoms with E-state index in [2.05, 4.69) is 4.98 Å². The summed E-state index contributed by atoms with van der Waals surface area (Å²) in [6.45, 7) is 0.604. The van der Waals surface area contributed by atoms with Gasteiger partial charge >= 0.3 is 0 Å². The zero-order valence-electron chi connectivity index (χ0n) is 15.2. The summed E-state index contributed by atoms with van der Waals surface area (Å²) in [5.41, 5.74) is 2.62. The first-order valence-electron chi connectivity index (χ1n) is 8.70. The van der Waals surface area contributed by atoms with Crippen LogP contribution in [0.3, 0.4) is 0 Å². The van der Waals surface area contributed by atoms with E-state index in [0.29, 0.717) is 17.9 Å². The first-order valence-corrected chi connectivity index (χ1v) is 9.69. The number of aliphatic hydroxyl groups is 1. The third kappa shape index (κ3) is 4.99. The van der Waals surface area contributed by atoms with Gasteiger partial charge in [-0.1, -0.05) is 54.2 Å². The Morgan fingerprint density at radius 1 is 1.15 bits per heavy atom. The molecule has 0 amide bonds. The number of ether oxygens (including phenoxy) is 1. The number of rotatable bonds is 9. The maximum absolute atomic E-state index is 12.3. The number of methoxy groups -OCH3 is 1. The lowest BCUT2D eigenvalue weighted by molar-refractivity contribution is 0.102. The SMILES string of the molecule is COc1ccc(CCn2c(CO)cnc2SCC(=O)c2ccccc2)cc1. The van der Waals surface area contributed by atoms with Crippen LogP contribution in [-0.4, -0.2) is 33.3 Å². The molecule has 140 valence electrons. The molecule has 27 heavy (non-hydrogen) atoms. The van der Waals surface area contributed by atoms with E-state index < -0.39 is 0 Å². The van der Waals surface area contributed by atoms with Crippen LogP contribution in [0.1, 0.15) is 21.6 Å². The van der Waals surface area contributed by atoms with Gasteiger partial charge in [0.1, 0.15) is 5.75 Å². The van der Waals surface area contributed by atoms with E-state index in [9.17, 15) is 9.90 Å². The van der Waals surface area contributed by atoms with Crippen molar-refractivity contribution in [1.82, 2.24) is 9.55 Å². The van der Waals surface area contributed by atoms with Gasteiger partial charge in [0.25, 0.3) is 0 Å². The van der Waals surface area contributed by atoms with E-state index in [0.717, 1.165) is 23.0 Å². The fraction of sp³-hybridized carbons (Fsp3) is 0.238. The van der Waals surface area contributed by atoms with Gasteiger partial charge in [0.2, 0.25) is 0 Å². The normalized spacial score (nSPS) is 10.7. The molecule has 3 rings (SSSR count). The number of hydrogen-bond donors (Lipinski definition) is 1. The quantitative estimate of drug-likeness (QED) is 0.452. The van der Waals surface area contributed by atoms with Crippen LogP contribution < -0.4 is 4.74 Å². The molecule has 1 heterocycles. The number of Topliss-reactive ketones (excluding diaryl/α,β-unsaturated/α-hetero) is 1. The number of aromatic nitrogens is 2. The van der Waals surface area contributed by atoms with Crippen molar-refractivity contribution in [3.8, 4) is 5.75 Å². The number of aliphatic hydroxyl groups excluding tert-OH is 1. The van der Waals surface area contributed by atoms with E-state index in [1.54, 1.807) is 13.3 Å². The molecule has 0 unspecified atom stereocenters. The zero-order valence-corrected chi connectivity index (χ0v) is 16.0. The molecule has 0 fully saturated rings. The molecule has 2 aromatic carbocycles. The summed E-state index contributed by atoms with van der Waals surface area (Å²) >= 11 is 1.40. The number of nitrogens with zero attached hydrogens (tertiary/aromatic N) is 2. The third-order valence-electron chi connectivity index (χ3n) is 4.27. The average Bonchev–Trinajstić information content (AvgIpc) is 3.13. The summed E-state index contributed by atoms with van der Waals surface area (Å²) in [6.07, 6.45) is 2.47. The van der Waals surface area contributed by atoms with Crippen LogP contribution in [0.4, 0.5) is 0 Å². The molecule has 3 aromatic rings. The van der Waals surface area contributed by atoms with E-state index in [1.807, 2.05) is 59.2 Å². The summed E-state index contributed by atoms with van der Waals surface area (Å²) in [4.78, 5) is 16.7. The molecule has 0 radical (unpaired) electrons. The fourth-order valence-corrected chi connectivity index (χ4v) is 3.66. The Kier molecular flexibility index (Phi) is 6.68. The van der Waals surface area contributed by atoms with Crippen molar-refractivity contribution in [2.24, 2.45) is 0 Å². The highest BCUT2D eigenvalue weighted by Crippen LogP contribution is 2.21. The molecule has 1 N–H and O–H groups in total. The number of thioether (sulfide) groups is 1. The Bertz CT molecular complexity index is 876. The smallest absolute Gasteiger partial charge is 0.173 e. The molecule has 0 spiro atoms. The molecule has 0 bridgehead atoms. The van der Waals surface area contributed by atoms with Crippen molar-refractivity contribution in [1.29, 1.82) is 0 Å². The van der Waals surface area contributed by atoms with Crippen LogP contribution in [0.25, 0.3) is 0 Å². The van der Waals surface area contributed by atoms with Gasteiger partial charge in [-0.3, -0.25) is 4.79 Å². The van der Waals surface area contributed by atoms with Gasteiger partial charge in [0, 0.05) is 12.1 Å². The second kappa shape index (κ2) is 9.39. The van der Waals surface area contributed by atoms with Crippen molar-refractivity contribution in [3.05, 3.63) is 77.6 Å². The van der Waals surface area contributed by atoms with Gasteiger partial charge in [0.05, 0.1) is 31.4 Å². The van der Waals surface area contributed by atoms with Crippen molar-refractivity contribution in [3.63, 3.8) is 0 Å². The van der Waals surface area contributed by atoms with Gasteiger partial charge < -0.3 is 14.4 Å². The molecule has 5 nitrogen and oxygen atoms in total. The molecular formula is C21H22N2O3S. The van der Waals surface area contributed by atoms with Crippen molar-refractivity contribution in [2.75, 3.05) is 12.9 Å². The number of imidazole rings is 1. The number of carbonyl (C=O) groups excluding carboxylic acids is 1. The molecule has 0 saturated heterocycles. The van der Waals surface area contributed by atoms with Crippen LogP contribution in [-0.2, 0) is 19.6 Å². The minimum absolute atomic E-state index is 0.0656. The first kappa shape index (κ1) is 19.2. The third-order valence-corrected chi connectivity index (χ3v) is 5.27. The largest absolute Gasteiger partial charge is 0.497 e. The highest BCUT2D eigenvalue weighted by molar-refractivity contribution is 7.99. The molecule has 0 aliphatic rings. The van der Waals surface area contributed by atoms with Gasteiger partial charge in [-0.15, -0.1) is 0 Å².